The number of carbonyl (C=O) groups excluding carboxylic acids is 1. The smallest absolute Gasteiger partial charge is 0.410 e. The maximum atomic E-state index is 13.4. The molecular weight excluding hydrogens is 325 g/mol. The van der Waals surface area contributed by atoms with Gasteiger partial charge in [0.2, 0.25) is 0 Å². The Morgan fingerprint density at radius 1 is 1.50 bits per heavy atom. The van der Waals surface area contributed by atoms with Gasteiger partial charge in [0.05, 0.1) is 12.3 Å². The minimum atomic E-state index is -4.49. The summed E-state index contributed by atoms with van der Waals surface area (Å²) in [5, 5.41) is 9.43. The van der Waals surface area contributed by atoms with Crippen molar-refractivity contribution in [1.82, 2.24) is 15.1 Å². The maximum Gasteiger partial charge on any atom is 0.410 e. The summed E-state index contributed by atoms with van der Waals surface area (Å²) in [5.74, 6) is 0.0351. The van der Waals surface area contributed by atoms with Crippen molar-refractivity contribution in [2.75, 3.05) is 5.32 Å². The molecule has 2 atom stereocenters. The largest absolute Gasteiger partial charge is 0.467 e. The van der Waals surface area contributed by atoms with E-state index in [0.29, 0.717) is 5.76 Å². The van der Waals surface area contributed by atoms with Crippen LogP contribution in [0.15, 0.2) is 28.9 Å². The summed E-state index contributed by atoms with van der Waals surface area (Å²) >= 11 is 0. The van der Waals surface area contributed by atoms with Gasteiger partial charge in [-0.05, 0) is 26.0 Å². The van der Waals surface area contributed by atoms with Crippen LogP contribution in [0.4, 0.5) is 19.0 Å². The van der Waals surface area contributed by atoms with E-state index in [-0.39, 0.29) is 24.0 Å². The van der Waals surface area contributed by atoms with Gasteiger partial charge in [0, 0.05) is 18.5 Å². The Morgan fingerprint density at radius 2 is 2.25 bits per heavy atom. The minimum absolute atomic E-state index is 0.0551. The third-order valence-electron chi connectivity index (χ3n) is 3.73. The summed E-state index contributed by atoms with van der Waals surface area (Å²) in [6.45, 7) is 3.52. The predicted octanol–water partition coefficient (Wildman–Crippen LogP) is 3.27. The number of carbonyl (C=O) groups is 1. The summed E-state index contributed by atoms with van der Waals surface area (Å²) in [4.78, 5) is 12.0. The molecule has 2 N–H and O–H groups in total. The van der Waals surface area contributed by atoms with Gasteiger partial charge in [0.15, 0.2) is 11.7 Å². The van der Waals surface area contributed by atoms with Crippen LogP contribution in [0, 0.1) is 0 Å². The molecule has 1 amide bonds. The van der Waals surface area contributed by atoms with E-state index in [0.717, 1.165) is 4.68 Å². The van der Waals surface area contributed by atoms with Crippen molar-refractivity contribution in [1.29, 1.82) is 0 Å². The molecule has 130 valence electrons. The number of amides is 1. The number of alkyl halides is 3. The maximum absolute atomic E-state index is 13.4. The SMILES string of the molecule is CC(C)NC(=O)c1cc2n(n1)[C@H](C(F)(F)F)C[C@H](c1ccco1)N2. The molecular formula is C15H17F3N4O2. The van der Waals surface area contributed by atoms with Crippen LogP contribution in [-0.4, -0.2) is 27.9 Å². The van der Waals surface area contributed by atoms with Gasteiger partial charge >= 0.3 is 6.18 Å². The third-order valence-corrected chi connectivity index (χ3v) is 3.73. The van der Waals surface area contributed by atoms with E-state index >= 15 is 0 Å². The molecule has 0 saturated carbocycles. The second kappa shape index (κ2) is 5.88. The fourth-order valence-electron chi connectivity index (χ4n) is 2.70. The van der Waals surface area contributed by atoms with Crippen molar-refractivity contribution < 1.29 is 22.4 Å². The third kappa shape index (κ3) is 3.10. The summed E-state index contributed by atoms with van der Waals surface area (Å²) < 4.78 is 46.4. The Morgan fingerprint density at radius 3 is 2.83 bits per heavy atom. The van der Waals surface area contributed by atoms with E-state index in [1.165, 1.54) is 12.3 Å². The highest BCUT2D eigenvalue weighted by Gasteiger charge is 2.47. The number of nitrogens with zero attached hydrogens (tertiary/aromatic N) is 2. The van der Waals surface area contributed by atoms with Crippen LogP contribution in [0.3, 0.4) is 0 Å². The lowest BCUT2D eigenvalue weighted by Gasteiger charge is -2.32. The average molecular weight is 342 g/mol. The second-order valence-corrected chi connectivity index (χ2v) is 5.99. The molecule has 1 aliphatic rings. The standard InChI is InChI=1S/C15H17F3N4O2/c1-8(2)19-14(23)10-7-13-20-9(11-4-3-5-24-11)6-12(15(16,17)18)22(13)21-10/h3-5,7-9,12,20H,6H2,1-2H3,(H,19,23)/t9-,12+/m1/s1. The molecule has 0 unspecified atom stereocenters. The number of aromatic nitrogens is 2. The Kier molecular flexibility index (Phi) is 4.02. The lowest BCUT2D eigenvalue weighted by Crippen LogP contribution is -2.36. The first-order valence-electron chi connectivity index (χ1n) is 7.52. The molecule has 0 fully saturated rings. The van der Waals surface area contributed by atoms with E-state index in [1.807, 2.05) is 0 Å². The Bertz CT molecular complexity index is 722. The Hall–Kier alpha value is -2.45. The molecule has 0 aliphatic carbocycles. The molecule has 0 spiro atoms. The van der Waals surface area contributed by atoms with Crippen molar-refractivity contribution in [3.63, 3.8) is 0 Å². The van der Waals surface area contributed by atoms with E-state index < -0.39 is 24.2 Å². The molecule has 2 aromatic heterocycles. The molecule has 0 aromatic carbocycles. The van der Waals surface area contributed by atoms with Gasteiger partial charge in [0.25, 0.3) is 5.91 Å². The molecule has 2 aromatic rings. The molecule has 3 rings (SSSR count). The van der Waals surface area contributed by atoms with Gasteiger partial charge in [-0.2, -0.15) is 18.3 Å². The number of rotatable bonds is 3. The van der Waals surface area contributed by atoms with Crippen LogP contribution in [0.1, 0.15) is 48.6 Å². The first kappa shape index (κ1) is 16.4. The van der Waals surface area contributed by atoms with Gasteiger partial charge in [-0.15, -0.1) is 0 Å². The number of anilines is 1. The molecule has 0 radical (unpaired) electrons. The lowest BCUT2D eigenvalue weighted by molar-refractivity contribution is -0.174. The fourth-order valence-corrected chi connectivity index (χ4v) is 2.70. The van der Waals surface area contributed by atoms with Gasteiger partial charge in [-0.25, -0.2) is 4.68 Å². The van der Waals surface area contributed by atoms with Crippen molar-refractivity contribution in [3.05, 3.63) is 35.9 Å². The summed E-state index contributed by atoms with van der Waals surface area (Å²) in [7, 11) is 0. The van der Waals surface area contributed by atoms with Gasteiger partial charge < -0.3 is 15.1 Å². The van der Waals surface area contributed by atoms with Crippen molar-refractivity contribution in [2.45, 2.75) is 44.6 Å². The van der Waals surface area contributed by atoms with Crippen LogP contribution >= 0.6 is 0 Å². The molecule has 9 heteroatoms. The average Bonchev–Trinajstić information content (AvgIpc) is 3.13. The van der Waals surface area contributed by atoms with Crippen LogP contribution in [0.5, 0.6) is 0 Å². The van der Waals surface area contributed by atoms with Crippen molar-refractivity contribution in [2.24, 2.45) is 0 Å². The van der Waals surface area contributed by atoms with Crippen LogP contribution in [0.2, 0.25) is 0 Å². The van der Waals surface area contributed by atoms with E-state index in [4.69, 9.17) is 4.42 Å². The highest BCUT2D eigenvalue weighted by molar-refractivity contribution is 5.93. The number of hydrogen-bond donors (Lipinski definition) is 2. The predicted molar refractivity (Wildman–Crippen MR) is 79.6 cm³/mol. The molecule has 0 bridgehead atoms. The minimum Gasteiger partial charge on any atom is -0.467 e. The van der Waals surface area contributed by atoms with Gasteiger partial charge in [-0.3, -0.25) is 4.79 Å². The summed E-state index contributed by atoms with van der Waals surface area (Å²) in [5.41, 5.74) is -0.0551. The Labute approximate surface area is 136 Å². The van der Waals surface area contributed by atoms with E-state index in [2.05, 4.69) is 15.7 Å². The zero-order valence-corrected chi connectivity index (χ0v) is 13.1. The topological polar surface area (TPSA) is 72.1 Å². The number of furan rings is 1. The monoisotopic (exact) mass is 342 g/mol. The van der Waals surface area contributed by atoms with Crippen LogP contribution in [-0.2, 0) is 0 Å². The van der Waals surface area contributed by atoms with E-state index in [1.54, 1.807) is 26.0 Å². The lowest BCUT2D eigenvalue weighted by atomic mass is 10.0. The van der Waals surface area contributed by atoms with Crippen LogP contribution < -0.4 is 10.6 Å². The molecule has 24 heavy (non-hydrogen) atoms. The second-order valence-electron chi connectivity index (χ2n) is 5.99. The summed E-state index contributed by atoms with van der Waals surface area (Å²) in [6, 6.07) is 1.95. The van der Waals surface area contributed by atoms with Crippen molar-refractivity contribution in [3.8, 4) is 0 Å². The molecule has 1 aliphatic heterocycles. The molecule has 3 heterocycles. The highest BCUT2D eigenvalue weighted by atomic mass is 19.4. The van der Waals surface area contributed by atoms with E-state index in [9.17, 15) is 18.0 Å². The Balaban J connectivity index is 1.95. The normalized spacial score (nSPS) is 20.6. The highest BCUT2D eigenvalue weighted by Crippen LogP contribution is 2.43. The molecule has 6 nitrogen and oxygen atoms in total. The van der Waals surface area contributed by atoms with Crippen molar-refractivity contribution >= 4 is 11.7 Å². The molecule has 0 saturated heterocycles. The first-order valence-corrected chi connectivity index (χ1v) is 7.52. The zero-order valence-electron chi connectivity index (χ0n) is 13.1. The number of fused-ring (bicyclic) bond motifs is 1. The van der Waals surface area contributed by atoms with Gasteiger partial charge in [-0.1, -0.05) is 0 Å². The summed E-state index contributed by atoms with van der Waals surface area (Å²) in [6.07, 6.45) is -3.34. The zero-order chi connectivity index (χ0) is 17.5. The van der Waals surface area contributed by atoms with Gasteiger partial charge in [0.1, 0.15) is 11.6 Å². The van der Waals surface area contributed by atoms with Crippen LogP contribution in [0.25, 0.3) is 0 Å². The number of hydrogen-bond acceptors (Lipinski definition) is 4. The number of nitrogens with one attached hydrogen (secondary N) is 2. The fraction of sp³-hybridized carbons (Fsp3) is 0.467. The quantitative estimate of drug-likeness (QED) is 0.898. The number of halogens is 3. The first-order chi connectivity index (χ1) is 11.3.